The Morgan fingerprint density at radius 2 is 2.07 bits per heavy atom. The lowest BCUT2D eigenvalue weighted by atomic mass is 10.1. The van der Waals surface area contributed by atoms with Crippen LogP contribution in [0.15, 0.2) is 18.6 Å². The lowest BCUT2D eigenvalue weighted by molar-refractivity contribution is -0.0390. The second-order valence-electron chi connectivity index (χ2n) is 8.22. The van der Waals surface area contributed by atoms with E-state index in [0.717, 1.165) is 63.3 Å². The molecule has 2 aromatic heterocycles. The molecule has 3 saturated heterocycles. The molecule has 0 spiro atoms. The van der Waals surface area contributed by atoms with Gasteiger partial charge in [0.15, 0.2) is 5.65 Å². The fraction of sp³-hybridized carbons (Fsp3) is 0.650. The molecule has 8 heteroatoms. The highest BCUT2D eigenvalue weighted by molar-refractivity contribution is 5.96. The summed E-state index contributed by atoms with van der Waals surface area (Å²) in [4.78, 5) is 24.3. The van der Waals surface area contributed by atoms with Crippen LogP contribution in [0.25, 0.3) is 11.2 Å². The van der Waals surface area contributed by atoms with Crippen molar-refractivity contribution in [3.8, 4) is 0 Å². The van der Waals surface area contributed by atoms with Crippen LogP contribution in [-0.4, -0.2) is 76.4 Å². The highest BCUT2D eigenvalue weighted by atomic mass is 16.5. The van der Waals surface area contributed by atoms with Crippen molar-refractivity contribution in [2.24, 2.45) is 0 Å². The highest BCUT2D eigenvalue weighted by Crippen LogP contribution is 2.26. The van der Waals surface area contributed by atoms with E-state index in [-0.39, 0.29) is 18.1 Å². The van der Waals surface area contributed by atoms with Crippen LogP contribution in [-0.2, 0) is 9.47 Å². The number of carbonyl (C=O) groups is 1. The van der Waals surface area contributed by atoms with E-state index >= 15 is 0 Å². The molecule has 1 amide bonds. The van der Waals surface area contributed by atoms with Gasteiger partial charge in [0, 0.05) is 50.6 Å². The molecule has 3 atom stereocenters. The Morgan fingerprint density at radius 1 is 1.21 bits per heavy atom. The SMILES string of the molecule is C[C@@H]1CN2C[C@@H](NC(=O)c3cnc4c(c3)ncn4C3CCOCC3)C[C@H]2CO1. The van der Waals surface area contributed by atoms with Crippen molar-refractivity contribution in [3.63, 3.8) is 0 Å². The summed E-state index contributed by atoms with van der Waals surface area (Å²) in [6, 6.07) is 2.78. The van der Waals surface area contributed by atoms with Crippen molar-refractivity contribution in [1.29, 1.82) is 0 Å². The van der Waals surface area contributed by atoms with E-state index in [9.17, 15) is 4.79 Å². The largest absolute Gasteiger partial charge is 0.381 e. The first kappa shape index (κ1) is 18.0. The fourth-order valence-electron chi connectivity index (χ4n) is 4.69. The van der Waals surface area contributed by atoms with Crippen molar-refractivity contribution < 1.29 is 14.3 Å². The van der Waals surface area contributed by atoms with Crippen LogP contribution in [0.2, 0.25) is 0 Å². The molecule has 5 rings (SSSR count). The number of pyridine rings is 1. The van der Waals surface area contributed by atoms with Crippen LogP contribution >= 0.6 is 0 Å². The lowest BCUT2D eigenvalue weighted by Crippen LogP contribution is -2.45. The van der Waals surface area contributed by atoms with Crippen LogP contribution in [0.3, 0.4) is 0 Å². The van der Waals surface area contributed by atoms with E-state index in [4.69, 9.17) is 9.47 Å². The normalized spacial score (nSPS) is 29.1. The number of nitrogens with one attached hydrogen (secondary N) is 1. The minimum atomic E-state index is -0.0752. The summed E-state index contributed by atoms with van der Waals surface area (Å²) in [6.07, 6.45) is 6.65. The number of imidazole rings is 1. The first-order valence-electron chi connectivity index (χ1n) is 10.2. The molecule has 5 heterocycles. The molecule has 0 saturated carbocycles. The average Bonchev–Trinajstić information content (AvgIpc) is 3.31. The number of rotatable bonds is 3. The summed E-state index contributed by atoms with van der Waals surface area (Å²) in [6.45, 7) is 6.22. The quantitative estimate of drug-likeness (QED) is 0.860. The molecule has 150 valence electrons. The molecular weight excluding hydrogens is 358 g/mol. The number of ether oxygens (including phenoxy) is 2. The molecule has 3 aliphatic heterocycles. The lowest BCUT2D eigenvalue weighted by Gasteiger charge is -2.33. The third-order valence-corrected chi connectivity index (χ3v) is 6.19. The van der Waals surface area contributed by atoms with Gasteiger partial charge < -0.3 is 19.4 Å². The molecule has 0 aliphatic carbocycles. The van der Waals surface area contributed by atoms with Gasteiger partial charge in [-0.05, 0) is 32.3 Å². The van der Waals surface area contributed by atoms with Crippen LogP contribution < -0.4 is 5.32 Å². The van der Waals surface area contributed by atoms with E-state index in [1.54, 1.807) is 6.20 Å². The average molecular weight is 385 g/mol. The number of nitrogens with zero attached hydrogens (tertiary/aromatic N) is 4. The molecule has 8 nitrogen and oxygen atoms in total. The van der Waals surface area contributed by atoms with E-state index in [1.165, 1.54) is 0 Å². The van der Waals surface area contributed by atoms with E-state index in [1.807, 2.05) is 12.4 Å². The maximum absolute atomic E-state index is 12.8. The van der Waals surface area contributed by atoms with Crippen LogP contribution in [0, 0.1) is 0 Å². The van der Waals surface area contributed by atoms with Gasteiger partial charge in [-0.2, -0.15) is 0 Å². The van der Waals surface area contributed by atoms with Gasteiger partial charge in [-0.15, -0.1) is 0 Å². The highest BCUT2D eigenvalue weighted by Gasteiger charge is 2.36. The number of hydrogen-bond acceptors (Lipinski definition) is 6. The Bertz CT molecular complexity index is 863. The summed E-state index contributed by atoms with van der Waals surface area (Å²) in [5.41, 5.74) is 2.18. The predicted octanol–water partition coefficient (Wildman–Crippen LogP) is 1.37. The van der Waals surface area contributed by atoms with Gasteiger partial charge in [0.2, 0.25) is 0 Å². The molecule has 3 fully saturated rings. The first-order valence-corrected chi connectivity index (χ1v) is 10.2. The van der Waals surface area contributed by atoms with Crippen LogP contribution in [0.4, 0.5) is 0 Å². The molecule has 0 bridgehead atoms. The number of aromatic nitrogens is 3. The maximum atomic E-state index is 12.8. The summed E-state index contributed by atoms with van der Waals surface area (Å²) in [7, 11) is 0. The third kappa shape index (κ3) is 3.40. The minimum Gasteiger partial charge on any atom is -0.381 e. The van der Waals surface area contributed by atoms with Crippen molar-refractivity contribution in [2.45, 2.75) is 50.4 Å². The van der Waals surface area contributed by atoms with Gasteiger partial charge >= 0.3 is 0 Å². The molecule has 28 heavy (non-hydrogen) atoms. The van der Waals surface area contributed by atoms with E-state index < -0.39 is 0 Å². The summed E-state index contributed by atoms with van der Waals surface area (Å²) < 4.78 is 13.3. The molecular formula is C20H27N5O3. The van der Waals surface area contributed by atoms with Gasteiger partial charge in [0.25, 0.3) is 5.91 Å². The number of carbonyl (C=O) groups excluding carboxylic acids is 1. The van der Waals surface area contributed by atoms with Gasteiger partial charge in [0.1, 0.15) is 5.52 Å². The Kier molecular flexibility index (Phi) is 4.78. The second-order valence-corrected chi connectivity index (χ2v) is 8.22. The molecule has 1 N–H and O–H groups in total. The molecule has 2 aromatic rings. The van der Waals surface area contributed by atoms with Crippen molar-refractivity contribution in [3.05, 3.63) is 24.2 Å². The van der Waals surface area contributed by atoms with Crippen molar-refractivity contribution >= 4 is 17.1 Å². The van der Waals surface area contributed by atoms with Gasteiger partial charge in [-0.3, -0.25) is 9.69 Å². The standard InChI is InChI=1S/C20H27N5O3/c1-13-9-24-10-15(7-17(24)11-28-13)23-20(26)14-6-18-19(21-8-14)25(12-22-18)16-2-4-27-5-3-16/h6,8,12-13,15-17H,2-5,7,9-11H2,1H3,(H,23,26)/t13-,15+,17+/m1/s1. The Morgan fingerprint density at radius 3 is 2.93 bits per heavy atom. The smallest absolute Gasteiger partial charge is 0.253 e. The zero-order valence-corrected chi connectivity index (χ0v) is 16.2. The van der Waals surface area contributed by atoms with Crippen LogP contribution in [0.1, 0.15) is 42.6 Å². The Labute approximate surface area is 164 Å². The Hall–Kier alpha value is -2.03. The van der Waals surface area contributed by atoms with E-state index in [0.29, 0.717) is 17.6 Å². The fourth-order valence-corrected chi connectivity index (χ4v) is 4.69. The number of morpholine rings is 1. The first-order chi connectivity index (χ1) is 13.7. The monoisotopic (exact) mass is 385 g/mol. The third-order valence-electron chi connectivity index (χ3n) is 6.19. The molecule has 0 aromatic carbocycles. The topological polar surface area (TPSA) is 81.5 Å². The minimum absolute atomic E-state index is 0.0752. The maximum Gasteiger partial charge on any atom is 0.253 e. The van der Waals surface area contributed by atoms with Crippen molar-refractivity contribution in [2.75, 3.05) is 32.9 Å². The predicted molar refractivity (Wildman–Crippen MR) is 103 cm³/mol. The van der Waals surface area contributed by atoms with Gasteiger partial charge in [0.05, 0.1) is 24.6 Å². The molecule has 0 radical (unpaired) electrons. The summed E-state index contributed by atoms with van der Waals surface area (Å²) in [5.74, 6) is -0.0752. The zero-order chi connectivity index (χ0) is 19.1. The zero-order valence-electron chi connectivity index (χ0n) is 16.2. The number of fused-ring (bicyclic) bond motifs is 2. The second kappa shape index (κ2) is 7.42. The van der Waals surface area contributed by atoms with E-state index in [2.05, 4.69) is 31.7 Å². The number of hydrogen-bond donors (Lipinski definition) is 1. The van der Waals surface area contributed by atoms with Crippen molar-refractivity contribution in [1.82, 2.24) is 24.8 Å². The van der Waals surface area contributed by atoms with Crippen LogP contribution in [0.5, 0.6) is 0 Å². The summed E-state index contributed by atoms with van der Waals surface area (Å²) >= 11 is 0. The molecule has 3 aliphatic rings. The Balaban J connectivity index is 1.28. The summed E-state index contributed by atoms with van der Waals surface area (Å²) in [5, 5.41) is 3.17. The number of amides is 1. The van der Waals surface area contributed by atoms with Gasteiger partial charge in [-0.1, -0.05) is 0 Å². The van der Waals surface area contributed by atoms with Gasteiger partial charge in [-0.25, -0.2) is 9.97 Å². The molecule has 0 unspecified atom stereocenters.